The summed E-state index contributed by atoms with van der Waals surface area (Å²) in [5, 5.41) is 0. The molecule has 0 spiro atoms. The molecule has 0 atom stereocenters. The predicted octanol–water partition coefficient (Wildman–Crippen LogP) is 6.06. The molecule has 2 nitrogen and oxygen atoms in total. The summed E-state index contributed by atoms with van der Waals surface area (Å²) in [6, 6.07) is 0. The van der Waals surface area contributed by atoms with Crippen LogP contribution >= 0.6 is 0 Å². The zero-order chi connectivity index (χ0) is 18.6. The Bertz CT molecular complexity index is 255. The van der Waals surface area contributed by atoms with E-state index in [1.807, 2.05) is 0 Å². The molecule has 0 aliphatic carbocycles. The Morgan fingerprint density at radius 1 is 0.458 bits per heavy atom. The molecule has 0 fully saturated rings. The number of unbranched alkanes of at least 4 members (excludes halogenated alkanes) is 3. The lowest BCUT2D eigenvalue weighted by Crippen LogP contribution is -2.24. The van der Waals surface area contributed by atoms with Gasteiger partial charge in [-0.15, -0.1) is 0 Å². The van der Waals surface area contributed by atoms with Gasteiger partial charge in [-0.3, -0.25) is 0 Å². The minimum atomic E-state index is 0.496. The van der Waals surface area contributed by atoms with E-state index < -0.39 is 0 Å². The second-order valence-electron chi connectivity index (χ2n) is 10.3. The van der Waals surface area contributed by atoms with Crippen LogP contribution in [0.1, 0.15) is 92.9 Å². The van der Waals surface area contributed by atoms with Crippen molar-refractivity contribution >= 4 is 0 Å². The van der Waals surface area contributed by atoms with Crippen molar-refractivity contribution in [2.24, 2.45) is 10.8 Å². The van der Waals surface area contributed by atoms with Crippen molar-refractivity contribution in [1.29, 1.82) is 0 Å². The van der Waals surface area contributed by atoms with E-state index in [-0.39, 0.29) is 0 Å². The standard InChI is InChI=1S/C22H48N2/c1-21(2,3)15-9-11-17-23(7)19-13-14-20-24(8)18-12-10-16-22(4,5)6/h9-20H2,1-8H3. The molecule has 0 aromatic heterocycles. The summed E-state index contributed by atoms with van der Waals surface area (Å²) >= 11 is 0. The number of hydrogen-bond donors (Lipinski definition) is 0. The third-order valence-corrected chi connectivity index (χ3v) is 4.76. The van der Waals surface area contributed by atoms with E-state index >= 15 is 0 Å². The Hall–Kier alpha value is -0.0800. The van der Waals surface area contributed by atoms with E-state index in [1.165, 1.54) is 77.5 Å². The van der Waals surface area contributed by atoms with Gasteiger partial charge in [-0.1, -0.05) is 54.4 Å². The van der Waals surface area contributed by atoms with Gasteiger partial charge in [-0.2, -0.15) is 0 Å². The van der Waals surface area contributed by atoms with Crippen molar-refractivity contribution in [3.05, 3.63) is 0 Å². The van der Waals surface area contributed by atoms with E-state index in [2.05, 4.69) is 65.4 Å². The molecule has 0 aliphatic rings. The Balaban J connectivity index is 3.47. The smallest absolute Gasteiger partial charge is 0.00213 e. The van der Waals surface area contributed by atoms with Crippen molar-refractivity contribution in [1.82, 2.24) is 9.80 Å². The maximum absolute atomic E-state index is 2.52. The van der Waals surface area contributed by atoms with Gasteiger partial charge in [0.15, 0.2) is 0 Å². The first-order valence-electron chi connectivity index (χ1n) is 10.4. The largest absolute Gasteiger partial charge is 0.306 e. The molecule has 0 rings (SSSR count). The molecule has 0 radical (unpaired) electrons. The van der Waals surface area contributed by atoms with Crippen LogP contribution in [0.5, 0.6) is 0 Å². The fourth-order valence-corrected chi connectivity index (χ4v) is 3.06. The van der Waals surface area contributed by atoms with E-state index in [1.54, 1.807) is 0 Å². The minimum absolute atomic E-state index is 0.496. The first kappa shape index (κ1) is 23.9. The topological polar surface area (TPSA) is 6.48 Å². The molecule has 24 heavy (non-hydrogen) atoms. The molecule has 146 valence electrons. The molecule has 0 unspecified atom stereocenters. The van der Waals surface area contributed by atoms with Crippen LogP contribution < -0.4 is 0 Å². The zero-order valence-corrected chi connectivity index (χ0v) is 18.4. The van der Waals surface area contributed by atoms with Crippen LogP contribution in [-0.2, 0) is 0 Å². The molecule has 0 bridgehead atoms. The molecule has 0 amide bonds. The lowest BCUT2D eigenvalue weighted by molar-refractivity contribution is 0.274. The van der Waals surface area contributed by atoms with Crippen LogP contribution in [0.25, 0.3) is 0 Å². The van der Waals surface area contributed by atoms with Crippen molar-refractivity contribution in [3.63, 3.8) is 0 Å². The molecular formula is C22H48N2. The Morgan fingerprint density at radius 2 is 0.708 bits per heavy atom. The van der Waals surface area contributed by atoms with E-state index in [0.29, 0.717) is 10.8 Å². The maximum atomic E-state index is 2.52. The third kappa shape index (κ3) is 18.3. The molecule has 0 aliphatic heterocycles. The molecule has 0 aromatic carbocycles. The summed E-state index contributed by atoms with van der Waals surface area (Å²) in [6.45, 7) is 19.1. The second-order valence-corrected chi connectivity index (χ2v) is 10.3. The van der Waals surface area contributed by atoms with E-state index in [4.69, 9.17) is 0 Å². The summed E-state index contributed by atoms with van der Waals surface area (Å²) in [4.78, 5) is 5.04. The van der Waals surface area contributed by atoms with Crippen molar-refractivity contribution < 1.29 is 0 Å². The van der Waals surface area contributed by atoms with Crippen LogP contribution in [0.3, 0.4) is 0 Å². The first-order valence-corrected chi connectivity index (χ1v) is 10.4. The fraction of sp³-hybridized carbons (Fsp3) is 1.00. The summed E-state index contributed by atoms with van der Waals surface area (Å²) in [5.74, 6) is 0. The number of nitrogens with zero attached hydrogens (tertiary/aromatic N) is 2. The summed E-state index contributed by atoms with van der Waals surface area (Å²) in [5.41, 5.74) is 0.992. The highest BCUT2D eigenvalue weighted by Crippen LogP contribution is 2.22. The maximum Gasteiger partial charge on any atom is -0.00213 e. The van der Waals surface area contributed by atoms with Crippen LogP contribution in [0.2, 0.25) is 0 Å². The van der Waals surface area contributed by atoms with Gasteiger partial charge < -0.3 is 9.80 Å². The normalized spacial score (nSPS) is 13.2. The van der Waals surface area contributed by atoms with Crippen molar-refractivity contribution in [2.45, 2.75) is 92.9 Å². The quantitative estimate of drug-likeness (QED) is 0.376. The lowest BCUT2D eigenvalue weighted by Gasteiger charge is -2.21. The predicted molar refractivity (Wildman–Crippen MR) is 111 cm³/mol. The van der Waals surface area contributed by atoms with Gasteiger partial charge in [0.25, 0.3) is 0 Å². The molecule has 0 heterocycles. The van der Waals surface area contributed by atoms with Gasteiger partial charge in [-0.25, -0.2) is 0 Å². The van der Waals surface area contributed by atoms with E-state index in [9.17, 15) is 0 Å². The summed E-state index contributed by atoms with van der Waals surface area (Å²) in [7, 11) is 4.57. The van der Waals surface area contributed by atoms with Gasteiger partial charge >= 0.3 is 0 Å². The van der Waals surface area contributed by atoms with E-state index in [0.717, 1.165) is 0 Å². The summed E-state index contributed by atoms with van der Waals surface area (Å²) in [6.07, 6.45) is 10.8. The minimum Gasteiger partial charge on any atom is -0.306 e. The SMILES string of the molecule is CN(CCCCN(C)CCCCC(C)(C)C)CCCCC(C)(C)C. The van der Waals surface area contributed by atoms with Gasteiger partial charge in [0.2, 0.25) is 0 Å². The highest BCUT2D eigenvalue weighted by Gasteiger charge is 2.10. The molecule has 0 aromatic rings. The zero-order valence-electron chi connectivity index (χ0n) is 18.4. The Labute approximate surface area is 154 Å². The van der Waals surface area contributed by atoms with Crippen LogP contribution in [-0.4, -0.2) is 50.1 Å². The molecule has 0 N–H and O–H groups in total. The highest BCUT2D eigenvalue weighted by molar-refractivity contribution is 4.64. The first-order chi connectivity index (χ1) is 11.0. The average Bonchev–Trinajstić information content (AvgIpc) is 2.42. The van der Waals surface area contributed by atoms with Crippen molar-refractivity contribution in [3.8, 4) is 0 Å². The molecule has 2 heteroatoms. The van der Waals surface area contributed by atoms with Crippen LogP contribution in [0.4, 0.5) is 0 Å². The monoisotopic (exact) mass is 340 g/mol. The number of hydrogen-bond acceptors (Lipinski definition) is 2. The van der Waals surface area contributed by atoms with Gasteiger partial charge in [0.05, 0.1) is 0 Å². The lowest BCUT2D eigenvalue weighted by atomic mass is 9.90. The Morgan fingerprint density at radius 3 is 0.958 bits per heavy atom. The average molecular weight is 341 g/mol. The fourth-order valence-electron chi connectivity index (χ4n) is 3.06. The van der Waals surface area contributed by atoms with Crippen molar-refractivity contribution in [2.75, 3.05) is 40.3 Å². The molecular weight excluding hydrogens is 292 g/mol. The van der Waals surface area contributed by atoms with Gasteiger partial charge in [0, 0.05) is 0 Å². The molecule has 0 saturated carbocycles. The van der Waals surface area contributed by atoms with Gasteiger partial charge in [0.1, 0.15) is 0 Å². The van der Waals surface area contributed by atoms with Gasteiger partial charge in [-0.05, 0) is 89.6 Å². The van der Waals surface area contributed by atoms with Crippen LogP contribution in [0.15, 0.2) is 0 Å². The highest BCUT2D eigenvalue weighted by atomic mass is 15.1. The van der Waals surface area contributed by atoms with Crippen LogP contribution in [0, 0.1) is 10.8 Å². The molecule has 0 saturated heterocycles. The second kappa shape index (κ2) is 12.3. The number of rotatable bonds is 13. The summed E-state index contributed by atoms with van der Waals surface area (Å²) < 4.78 is 0. The Kier molecular flexibility index (Phi) is 12.3. The third-order valence-electron chi connectivity index (χ3n) is 4.76.